The van der Waals surface area contributed by atoms with Gasteiger partial charge in [-0.25, -0.2) is 9.37 Å². The smallest absolute Gasteiger partial charge is 0.417 e. The van der Waals surface area contributed by atoms with E-state index in [1.54, 1.807) is 6.20 Å². The zero-order valence-corrected chi connectivity index (χ0v) is 14.3. The van der Waals surface area contributed by atoms with Crippen LogP contribution < -0.4 is 4.74 Å². The predicted molar refractivity (Wildman–Crippen MR) is 84.2 cm³/mol. The molecule has 0 bridgehead atoms. The number of halogens is 5. The third-order valence-electron chi connectivity index (χ3n) is 4.01. The second kappa shape index (κ2) is 6.35. The summed E-state index contributed by atoms with van der Waals surface area (Å²) in [5, 5.41) is 0. The standard InChI is InChI=1S/C17H14BrF4NO/c1-9-2-10-5-16(23-7-11(10)3-9)24-8-12-4-14(18)13(6-15(12)19)17(20,21)22/h4-7,9H,2-3,8H2,1H3/t9-/m0/s1. The fourth-order valence-electron chi connectivity index (χ4n) is 2.85. The minimum absolute atomic E-state index is 0.0329. The Morgan fingerprint density at radius 3 is 2.62 bits per heavy atom. The van der Waals surface area contributed by atoms with E-state index >= 15 is 0 Å². The van der Waals surface area contributed by atoms with Crippen LogP contribution in [0.15, 0.2) is 28.9 Å². The minimum atomic E-state index is -4.61. The van der Waals surface area contributed by atoms with Gasteiger partial charge in [-0.15, -0.1) is 0 Å². The number of rotatable bonds is 3. The van der Waals surface area contributed by atoms with E-state index in [0.717, 1.165) is 24.5 Å². The lowest BCUT2D eigenvalue weighted by molar-refractivity contribution is -0.138. The topological polar surface area (TPSA) is 22.1 Å². The van der Waals surface area contributed by atoms with Crippen LogP contribution in [0.5, 0.6) is 5.88 Å². The molecule has 0 spiro atoms. The monoisotopic (exact) mass is 403 g/mol. The lowest BCUT2D eigenvalue weighted by Crippen LogP contribution is -2.09. The molecule has 0 aliphatic heterocycles. The van der Waals surface area contributed by atoms with Crippen LogP contribution in [0.25, 0.3) is 0 Å². The van der Waals surface area contributed by atoms with Gasteiger partial charge in [-0.3, -0.25) is 0 Å². The van der Waals surface area contributed by atoms with Gasteiger partial charge >= 0.3 is 6.18 Å². The van der Waals surface area contributed by atoms with Crippen LogP contribution in [0.1, 0.15) is 29.2 Å². The van der Waals surface area contributed by atoms with Crippen molar-refractivity contribution >= 4 is 15.9 Å². The number of pyridine rings is 1. The molecule has 2 nitrogen and oxygen atoms in total. The van der Waals surface area contributed by atoms with E-state index in [1.807, 2.05) is 6.07 Å². The van der Waals surface area contributed by atoms with Gasteiger partial charge in [0.2, 0.25) is 5.88 Å². The van der Waals surface area contributed by atoms with E-state index in [4.69, 9.17) is 4.74 Å². The Kier molecular flexibility index (Phi) is 4.55. The van der Waals surface area contributed by atoms with Crippen molar-refractivity contribution in [3.63, 3.8) is 0 Å². The number of ether oxygens (including phenoxy) is 1. The molecule has 3 rings (SSSR count). The van der Waals surface area contributed by atoms with Crippen LogP contribution >= 0.6 is 15.9 Å². The van der Waals surface area contributed by atoms with Crippen molar-refractivity contribution in [1.82, 2.24) is 4.98 Å². The minimum Gasteiger partial charge on any atom is -0.473 e. The molecule has 0 fully saturated rings. The molecule has 1 atom stereocenters. The Hall–Kier alpha value is -1.63. The Labute approximate surface area is 145 Å². The molecule has 0 unspecified atom stereocenters. The third kappa shape index (κ3) is 3.55. The number of nitrogens with zero attached hydrogens (tertiary/aromatic N) is 1. The summed E-state index contributed by atoms with van der Waals surface area (Å²) in [4.78, 5) is 4.17. The number of fused-ring (bicyclic) bond motifs is 1. The molecule has 128 valence electrons. The van der Waals surface area contributed by atoms with Gasteiger partial charge in [0.05, 0.1) is 5.56 Å². The summed E-state index contributed by atoms with van der Waals surface area (Å²) in [6, 6.07) is 3.38. The number of aromatic nitrogens is 1. The highest BCUT2D eigenvalue weighted by atomic mass is 79.9. The molecule has 0 N–H and O–H groups in total. The van der Waals surface area contributed by atoms with Crippen molar-refractivity contribution in [2.75, 3.05) is 0 Å². The van der Waals surface area contributed by atoms with E-state index in [0.29, 0.717) is 17.9 Å². The summed E-state index contributed by atoms with van der Waals surface area (Å²) < 4.78 is 57.4. The third-order valence-corrected chi connectivity index (χ3v) is 4.67. The highest BCUT2D eigenvalue weighted by Crippen LogP contribution is 2.36. The van der Waals surface area contributed by atoms with E-state index < -0.39 is 17.6 Å². The summed E-state index contributed by atoms with van der Waals surface area (Å²) in [5.74, 6) is -0.0565. The van der Waals surface area contributed by atoms with Crippen LogP contribution in [-0.2, 0) is 25.6 Å². The molecule has 1 aromatic carbocycles. The molecule has 0 radical (unpaired) electrons. The molecule has 1 heterocycles. The van der Waals surface area contributed by atoms with Crippen LogP contribution in [0, 0.1) is 11.7 Å². The summed E-state index contributed by atoms with van der Waals surface area (Å²) in [6.07, 6.45) is -0.956. The average Bonchev–Trinajstić information content (AvgIpc) is 2.85. The Balaban J connectivity index is 1.76. The van der Waals surface area contributed by atoms with Gasteiger partial charge in [-0.1, -0.05) is 22.9 Å². The van der Waals surface area contributed by atoms with Crippen molar-refractivity contribution in [3.05, 3.63) is 56.9 Å². The Bertz CT molecular complexity index is 776. The molecule has 1 aliphatic rings. The van der Waals surface area contributed by atoms with E-state index in [-0.39, 0.29) is 16.6 Å². The van der Waals surface area contributed by atoms with Crippen molar-refractivity contribution in [1.29, 1.82) is 0 Å². The maximum absolute atomic E-state index is 13.9. The second-order valence-electron chi connectivity index (χ2n) is 6.01. The number of benzene rings is 1. The van der Waals surface area contributed by atoms with Gasteiger partial charge in [-0.2, -0.15) is 13.2 Å². The molecule has 1 aliphatic carbocycles. The van der Waals surface area contributed by atoms with Crippen molar-refractivity contribution in [3.8, 4) is 5.88 Å². The van der Waals surface area contributed by atoms with Crippen LogP contribution in [0.4, 0.5) is 17.6 Å². The average molecular weight is 404 g/mol. The van der Waals surface area contributed by atoms with E-state index in [2.05, 4.69) is 27.8 Å². The van der Waals surface area contributed by atoms with Gasteiger partial charge in [0.1, 0.15) is 12.4 Å². The summed E-state index contributed by atoms with van der Waals surface area (Å²) >= 11 is 2.83. The summed E-state index contributed by atoms with van der Waals surface area (Å²) in [5.41, 5.74) is 1.32. The second-order valence-corrected chi connectivity index (χ2v) is 6.87. The first-order valence-electron chi connectivity index (χ1n) is 7.39. The molecule has 2 aromatic rings. The number of hydrogen-bond donors (Lipinski definition) is 0. The maximum atomic E-state index is 13.9. The van der Waals surface area contributed by atoms with Crippen LogP contribution in [0.3, 0.4) is 0 Å². The molecule has 1 aromatic heterocycles. The lowest BCUT2D eigenvalue weighted by atomic mass is 10.1. The molecular formula is C17H14BrF4NO. The summed E-state index contributed by atoms with van der Waals surface area (Å²) in [6.45, 7) is 1.96. The molecule has 24 heavy (non-hydrogen) atoms. The van der Waals surface area contributed by atoms with Crippen molar-refractivity contribution in [2.45, 2.75) is 32.5 Å². The highest BCUT2D eigenvalue weighted by molar-refractivity contribution is 9.10. The first-order chi connectivity index (χ1) is 11.2. The molecule has 0 amide bonds. The highest BCUT2D eigenvalue weighted by Gasteiger charge is 2.34. The fraction of sp³-hybridized carbons (Fsp3) is 0.353. The zero-order chi connectivity index (χ0) is 17.5. The van der Waals surface area contributed by atoms with Gasteiger partial charge in [-0.05, 0) is 42.0 Å². The van der Waals surface area contributed by atoms with Crippen molar-refractivity contribution < 1.29 is 22.3 Å². The largest absolute Gasteiger partial charge is 0.473 e. The van der Waals surface area contributed by atoms with Gasteiger partial charge in [0.25, 0.3) is 0 Å². The normalized spacial score (nSPS) is 17.0. The zero-order valence-electron chi connectivity index (χ0n) is 12.8. The number of hydrogen-bond acceptors (Lipinski definition) is 2. The number of alkyl halides is 3. The first-order valence-corrected chi connectivity index (χ1v) is 8.19. The van der Waals surface area contributed by atoms with Crippen molar-refractivity contribution in [2.24, 2.45) is 5.92 Å². The molecule has 0 saturated carbocycles. The SMILES string of the molecule is C[C@@H]1Cc2cnc(OCc3cc(Br)c(C(F)(F)F)cc3F)cc2C1. The fourth-order valence-corrected chi connectivity index (χ4v) is 3.46. The molecular weight excluding hydrogens is 390 g/mol. The van der Waals surface area contributed by atoms with E-state index in [9.17, 15) is 17.6 Å². The lowest BCUT2D eigenvalue weighted by Gasteiger charge is -2.12. The van der Waals surface area contributed by atoms with Crippen LogP contribution in [-0.4, -0.2) is 4.98 Å². The Morgan fingerprint density at radius 2 is 1.92 bits per heavy atom. The van der Waals surface area contributed by atoms with Gasteiger partial charge < -0.3 is 4.74 Å². The Morgan fingerprint density at radius 1 is 1.21 bits per heavy atom. The van der Waals surface area contributed by atoms with Gasteiger partial charge in [0.15, 0.2) is 0 Å². The van der Waals surface area contributed by atoms with E-state index in [1.165, 1.54) is 5.56 Å². The quantitative estimate of drug-likeness (QED) is 0.647. The predicted octanol–water partition coefficient (Wildman–Crippen LogP) is 5.32. The summed E-state index contributed by atoms with van der Waals surface area (Å²) in [7, 11) is 0. The van der Waals surface area contributed by atoms with Crippen LogP contribution in [0.2, 0.25) is 0 Å². The molecule has 0 saturated heterocycles. The molecule has 7 heteroatoms. The van der Waals surface area contributed by atoms with Gasteiger partial charge in [0, 0.05) is 22.3 Å². The first kappa shape index (κ1) is 17.2. The maximum Gasteiger partial charge on any atom is 0.417 e.